The molecule has 1 aliphatic heterocycles. The first-order valence-corrected chi connectivity index (χ1v) is 6.71. The zero-order valence-electron chi connectivity index (χ0n) is 12.3. The van der Waals surface area contributed by atoms with Crippen LogP contribution in [0.1, 0.15) is 20.3 Å². The predicted molar refractivity (Wildman–Crippen MR) is 72.8 cm³/mol. The molecule has 1 amide bonds. The van der Waals surface area contributed by atoms with E-state index >= 15 is 0 Å². The highest BCUT2D eigenvalue weighted by Crippen LogP contribution is 2.09. The molecule has 0 radical (unpaired) electrons. The van der Waals surface area contributed by atoms with E-state index in [-0.39, 0.29) is 11.9 Å². The van der Waals surface area contributed by atoms with Gasteiger partial charge in [-0.2, -0.15) is 0 Å². The molecule has 0 aromatic rings. The van der Waals surface area contributed by atoms with E-state index in [0.717, 1.165) is 26.1 Å². The lowest BCUT2D eigenvalue weighted by Gasteiger charge is -2.30. The fraction of sp³-hybridized carbons (Fsp3) is 0.846. The second kappa shape index (κ2) is 7.45. The summed E-state index contributed by atoms with van der Waals surface area (Å²) >= 11 is 0. The number of nitrogens with one attached hydrogen (secondary N) is 1. The number of nitrogens with zero attached hydrogens (tertiary/aromatic N) is 2. The lowest BCUT2D eigenvalue weighted by atomic mass is 10.2. The van der Waals surface area contributed by atoms with Crippen LogP contribution in [0.2, 0.25) is 0 Å². The van der Waals surface area contributed by atoms with Crippen molar-refractivity contribution in [2.45, 2.75) is 32.4 Å². The number of hydrogen-bond acceptors (Lipinski definition) is 5. The second-order valence-corrected chi connectivity index (χ2v) is 5.24. The van der Waals surface area contributed by atoms with E-state index in [0.29, 0.717) is 12.6 Å². The highest BCUT2D eigenvalue weighted by molar-refractivity contribution is 5.83. The van der Waals surface area contributed by atoms with Crippen LogP contribution in [0.5, 0.6) is 0 Å². The van der Waals surface area contributed by atoms with Gasteiger partial charge in [-0.05, 0) is 33.5 Å². The van der Waals surface area contributed by atoms with Crippen LogP contribution < -0.4 is 5.32 Å². The Hall–Kier alpha value is -1.14. The van der Waals surface area contributed by atoms with E-state index in [4.69, 9.17) is 4.74 Å². The van der Waals surface area contributed by atoms with Gasteiger partial charge in [0.2, 0.25) is 5.91 Å². The molecule has 19 heavy (non-hydrogen) atoms. The van der Waals surface area contributed by atoms with Crippen molar-refractivity contribution in [3.05, 3.63) is 0 Å². The maximum absolute atomic E-state index is 11.7. The zero-order valence-corrected chi connectivity index (χ0v) is 12.3. The van der Waals surface area contributed by atoms with Crippen molar-refractivity contribution in [1.29, 1.82) is 0 Å². The van der Waals surface area contributed by atoms with E-state index in [9.17, 15) is 9.59 Å². The Morgan fingerprint density at radius 2 is 2.11 bits per heavy atom. The van der Waals surface area contributed by atoms with Gasteiger partial charge in [0.15, 0.2) is 0 Å². The number of amides is 1. The fourth-order valence-electron chi connectivity index (χ4n) is 2.49. The van der Waals surface area contributed by atoms with Crippen molar-refractivity contribution in [3.63, 3.8) is 0 Å². The molecule has 0 spiro atoms. The maximum atomic E-state index is 11.7. The zero-order chi connectivity index (χ0) is 14.4. The number of carbonyl (C=O) groups excluding carboxylic acids is 2. The third-order valence-electron chi connectivity index (χ3n) is 3.46. The highest BCUT2D eigenvalue weighted by atomic mass is 16.5. The first-order valence-electron chi connectivity index (χ1n) is 6.71. The van der Waals surface area contributed by atoms with Crippen molar-refractivity contribution in [3.8, 4) is 0 Å². The van der Waals surface area contributed by atoms with Crippen molar-refractivity contribution in [2.24, 2.45) is 0 Å². The van der Waals surface area contributed by atoms with E-state index < -0.39 is 6.04 Å². The van der Waals surface area contributed by atoms with Gasteiger partial charge in [-0.15, -0.1) is 0 Å². The molecule has 0 aliphatic carbocycles. The molecule has 110 valence electrons. The van der Waals surface area contributed by atoms with Gasteiger partial charge in [0.25, 0.3) is 0 Å². The maximum Gasteiger partial charge on any atom is 0.329 e. The summed E-state index contributed by atoms with van der Waals surface area (Å²) in [5.41, 5.74) is 0. The minimum Gasteiger partial charge on any atom is -0.467 e. The number of carbonyl (C=O) groups is 2. The van der Waals surface area contributed by atoms with Crippen LogP contribution in [-0.4, -0.2) is 74.1 Å². The third-order valence-corrected chi connectivity index (χ3v) is 3.46. The fourth-order valence-corrected chi connectivity index (χ4v) is 2.49. The summed E-state index contributed by atoms with van der Waals surface area (Å²) in [6, 6.07) is -0.234. The average Bonchev–Trinajstić information content (AvgIpc) is 2.48. The molecule has 1 rings (SSSR count). The van der Waals surface area contributed by atoms with Crippen LogP contribution in [0.3, 0.4) is 0 Å². The lowest BCUT2D eigenvalue weighted by molar-refractivity contribution is -0.145. The number of rotatable bonds is 4. The smallest absolute Gasteiger partial charge is 0.329 e. The molecular weight excluding hydrogens is 246 g/mol. The lowest BCUT2D eigenvalue weighted by Crippen LogP contribution is -2.51. The van der Waals surface area contributed by atoms with E-state index in [1.54, 1.807) is 0 Å². The van der Waals surface area contributed by atoms with Crippen LogP contribution in [0, 0.1) is 0 Å². The molecular formula is C13H25N3O3. The van der Waals surface area contributed by atoms with Gasteiger partial charge in [0.1, 0.15) is 6.04 Å². The van der Waals surface area contributed by atoms with E-state index in [1.807, 2.05) is 0 Å². The molecule has 1 heterocycles. The molecule has 6 heteroatoms. The number of likely N-dealkylation sites (N-methyl/N-ethyl adjacent to an activating group) is 1. The van der Waals surface area contributed by atoms with Gasteiger partial charge in [-0.3, -0.25) is 9.69 Å². The predicted octanol–water partition coefficient (Wildman–Crippen LogP) is -0.310. The molecule has 2 atom stereocenters. The summed E-state index contributed by atoms with van der Waals surface area (Å²) in [6.07, 6.45) is 1.06. The largest absolute Gasteiger partial charge is 0.467 e. The molecule has 0 saturated carbocycles. The van der Waals surface area contributed by atoms with Crippen molar-refractivity contribution < 1.29 is 14.3 Å². The molecule has 6 nitrogen and oxygen atoms in total. The summed E-state index contributed by atoms with van der Waals surface area (Å²) in [7, 11) is 3.45. The molecule has 0 aromatic heterocycles. The highest BCUT2D eigenvalue weighted by Gasteiger charge is 2.27. The van der Waals surface area contributed by atoms with Gasteiger partial charge in [-0.1, -0.05) is 0 Å². The molecule has 1 N–H and O–H groups in total. The first kappa shape index (κ1) is 15.9. The molecule has 1 fully saturated rings. The van der Waals surface area contributed by atoms with Gasteiger partial charge in [0, 0.05) is 26.1 Å². The molecule has 1 aliphatic rings. The Morgan fingerprint density at radius 1 is 1.42 bits per heavy atom. The summed E-state index contributed by atoms with van der Waals surface area (Å²) in [5, 5.41) is 2.66. The quantitative estimate of drug-likeness (QED) is 0.711. The van der Waals surface area contributed by atoms with Gasteiger partial charge >= 0.3 is 5.97 Å². The summed E-state index contributed by atoms with van der Waals surface area (Å²) in [4.78, 5) is 27.4. The van der Waals surface area contributed by atoms with Crippen LogP contribution in [-0.2, 0) is 14.3 Å². The minimum absolute atomic E-state index is 0.213. The van der Waals surface area contributed by atoms with Crippen LogP contribution in [0.25, 0.3) is 0 Å². The average molecular weight is 271 g/mol. The van der Waals surface area contributed by atoms with Gasteiger partial charge in [-0.25, -0.2) is 4.79 Å². The standard InChI is InChI=1S/C13H25N3O3/c1-10-8-15(3)6-5-7-16(10)9-12(13(18)19-4)14-11(2)17/h10,12H,5-9H2,1-4H3,(H,14,17). The Bertz CT molecular complexity index is 322. The van der Waals surface area contributed by atoms with E-state index in [2.05, 4.69) is 29.1 Å². The van der Waals surface area contributed by atoms with E-state index in [1.165, 1.54) is 14.0 Å². The van der Waals surface area contributed by atoms with Gasteiger partial charge < -0.3 is 15.0 Å². The number of methoxy groups -OCH3 is 1. The Kier molecular flexibility index (Phi) is 6.24. The Labute approximate surface area is 115 Å². The van der Waals surface area contributed by atoms with Crippen LogP contribution >= 0.6 is 0 Å². The topological polar surface area (TPSA) is 61.9 Å². The number of hydrogen-bond donors (Lipinski definition) is 1. The van der Waals surface area contributed by atoms with Crippen LogP contribution in [0.15, 0.2) is 0 Å². The summed E-state index contributed by atoms with van der Waals surface area (Å²) in [5.74, 6) is -0.602. The molecule has 0 bridgehead atoms. The molecule has 2 unspecified atom stereocenters. The normalized spacial score (nSPS) is 23.5. The summed E-state index contributed by atoms with van der Waals surface area (Å²) < 4.78 is 4.75. The SMILES string of the molecule is COC(=O)C(CN1CCCN(C)CC1C)NC(C)=O. The molecule has 1 saturated heterocycles. The number of esters is 1. The van der Waals surface area contributed by atoms with Crippen molar-refractivity contribution >= 4 is 11.9 Å². The first-order chi connectivity index (χ1) is 8.93. The summed E-state index contributed by atoms with van der Waals surface area (Å²) in [6.45, 7) is 7.01. The Balaban J connectivity index is 2.65. The van der Waals surface area contributed by atoms with Gasteiger partial charge in [0.05, 0.1) is 7.11 Å². The molecule has 0 aromatic carbocycles. The number of ether oxygens (including phenoxy) is 1. The van der Waals surface area contributed by atoms with Crippen LogP contribution in [0.4, 0.5) is 0 Å². The minimum atomic E-state index is -0.589. The van der Waals surface area contributed by atoms with Crippen molar-refractivity contribution in [1.82, 2.24) is 15.1 Å². The van der Waals surface area contributed by atoms with Crippen molar-refractivity contribution in [2.75, 3.05) is 40.3 Å². The third kappa shape index (κ3) is 5.16. The second-order valence-electron chi connectivity index (χ2n) is 5.24. The Morgan fingerprint density at radius 3 is 2.68 bits per heavy atom. The monoisotopic (exact) mass is 271 g/mol.